The van der Waals surface area contributed by atoms with Crippen LogP contribution in [0.2, 0.25) is 0 Å². The second-order valence-corrected chi connectivity index (χ2v) is 7.39. The number of amides is 1. The van der Waals surface area contributed by atoms with Gasteiger partial charge in [0.2, 0.25) is 5.95 Å². The Morgan fingerprint density at radius 1 is 1.03 bits per heavy atom. The first-order valence-electron chi connectivity index (χ1n) is 10.1. The van der Waals surface area contributed by atoms with E-state index in [1.165, 1.54) is 0 Å². The van der Waals surface area contributed by atoms with Crippen molar-refractivity contribution >= 4 is 17.5 Å². The quantitative estimate of drug-likeness (QED) is 0.458. The minimum absolute atomic E-state index is 0.166. The number of fused-ring (bicyclic) bond motifs is 1. The van der Waals surface area contributed by atoms with Crippen molar-refractivity contribution < 1.29 is 9.90 Å². The van der Waals surface area contributed by atoms with Crippen LogP contribution in [0.4, 0.5) is 11.6 Å². The van der Waals surface area contributed by atoms with Gasteiger partial charge in [-0.3, -0.25) is 9.78 Å². The van der Waals surface area contributed by atoms with E-state index in [1.54, 1.807) is 35.1 Å². The molecule has 1 unspecified atom stereocenters. The van der Waals surface area contributed by atoms with Crippen LogP contribution in [0, 0.1) is 0 Å². The summed E-state index contributed by atoms with van der Waals surface area (Å²) in [5, 5.41) is 20.5. The third-order valence-corrected chi connectivity index (χ3v) is 5.22. The number of nitrogens with zero attached hydrogens (tertiary/aromatic N) is 4. The molecule has 4 aromatic rings. The lowest BCUT2D eigenvalue weighted by Gasteiger charge is -2.28. The summed E-state index contributed by atoms with van der Waals surface area (Å²) >= 11 is 0. The van der Waals surface area contributed by atoms with Crippen molar-refractivity contribution in [2.75, 3.05) is 10.6 Å². The molecule has 8 heteroatoms. The summed E-state index contributed by atoms with van der Waals surface area (Å²) in [5.74, 6) is 0.909. The fourth-order valence-corrected chi connectivity index (χ4v) is 3.71. The summed E-state index contributed by atoms with van der Waals surface area (Å²) in [6.45, 7) is 1.84. The van der Waals surface area contributed by atoms with Gasteiger partial charge in [0, 0.05) is 23.1 Å². The zero-order valence-electron chi connectivity index (χ0n) is 17.2. The average Bonchev–Trinajstić information content (AvgIpc) is 3.23. The van der Waals surface area contributed by atoms with Gasteiger partial charge in [-0.15, -0.1) is 5.10 Å². The predicted octanol–water partition coefficient (Wildman–Crippen LogP) is 3.97. The molecule has 0 saturated heterocycles. The minimum atomic E-state index is -0.561. The molecule has 0 aliphatic carbocycles. The molecule has 1 atom stereocenters. The summed E-state index contributed by atoms with van der Waals surface area (Å²) in [4.78, 5) is 22.5. The fourth-order valence-electron chi connectivity index (χ4n) is 3.71. The Kier molecular flexibility index (Phi) is 4.87. The van der Waals surface area contributed by atoms with Crippen molar-refractivity contribution in [3.05, 3.63) is 96.0 Å². The van der Waals surface area contributed by atoms with Crippen LogP contribution in [0.5, 0.6) is 5.75 Å². The number of carbonyl (C=O) groups is 1. The van der Waals surface area contributed by atoms with Crippen LogP contribution in [-0.4, -0.2) is 30.8 Å². The van der Waals surface area contributed by atoms with Gasteiger partial charge >= 0.3 is 0 Å². The van der Waals surface area contributed by atoms with Crippen LogP contribution in [0.15, 0.2) is 90.3 Å². The largest absolute Gasteiger partial charge is 0.508 e. The molecule has 0 fully saturated rings. The van der Waals surface area contributed by atoms with Gasteiger partial charge in [0.1, 0.15) is 11.8 Å². The molecule has 0 saturated carbocycles. The van der Waals surface area contributed by atoms with Gasteiger partial charge in [-0.2, -0.15) is 4.98 Å². The third kappa shape index (κ3) is 3.58. The van der Waals surface area contributed by atoms with E-state index >= 15 is 0 Å². The van der Waals surface area contributed by atoms with E-state index < -0.39 is 6.04 Å². The number of carbonyl (C=O) groups excluding carboxylic acids is 1. The van der Waals surface area contributed by atoms with E-state index in [9.17, 15) is 9.90 Å². The first-order chi connectivity index (χ1) is 15.6. The summed E-state index contributed by atoms with van der Waals surface area (Å²) in [6, 6.07) is 21.0. The van der Waals surface area contributed by atoms with Gasteiger partial charge in [0.25, 0.3) is 5.91 Å². The molecule has 3 N–H and O–H groups in total. The Bertz CT molecular complexity index is 1300. The second kappa shape index (κ2) is 7.99. The second-order valence-electron chi connectivity index (χ2n) is 7.39. The number of aromatic hydroxyl groups is 1. The van der Waals surface area contributed by atoms with Crippen molar-refractivity contribution in [1.82, 2.24) is 19.7 Å². The molecule has 1 aliphatic heterocycles. The molecule has 0 spiro atoms. The highest BCUT2D eigenvalue weighted by molar-refractivity contribution is 6.05. The van der Waals surface area contributed by atoms with Crippen LogP contribution in [0.25, 0.3) is 11.4 Å². The monoisotopic (exact) mass is 424 g/mol. The van der Waals surface area contributed by atoms with Gasteiger partial charge in [-0.05, 0) is 55.5 Å². The number of para-hydroxylation sites is 1. The molecule has 2 aromatic heterocycles. The van der Waals surface area contributed by atoms with E-state index in [4.69, 9.17) is 0 Å². The van der Waals surface area contributed by atoms with Crippen molar-refractivity contribution in [2.24, 2.45) is 0 Å². The zero-order valence-corrected chi connectivity index (χ0v) is 17.2. The Hall–Kier alpha value is -4.46. The molecular formula is C24H20N6O2. The SMILES string of the molecule is CC1=C(C(=O)Nc2ccccc2)C(c2ccccn2)n2nc(-c3ccc(O)cc3)nc2N1. The van der Waals surface area contributed by atoms with Crippen LogP contribution in [0.3, 0.4) is 0 Å². The third-order valence-electron chi connectivity index (χ3n) is 5.22. The molecule has 5 rings (SSSR count). The van der Waals surface area contributed by atoms with Gasteiger partial charge in [0.05, 0.1) is 11.3 Å². The van der Waals surface area contributed by atoms with Crippen molar-refractivity contribution in [3.8, 4) is 17.1 Å². The maximum absolute atomic E-state index is 13.4. The maximum atomic E-state index is 13.4. The van der Waals surface area contributed by atoms with E-state index in [-0.39, 0.29) is 11.7 Å². The van der Waals surface area contributed by atoms with Gasteiger partial charge in [-0.25, -0.2) is 4.68 Å². The Morgan fingerprint density at radius 3 is 2.50 bits per heavy atom. The first kappa shape index (κ1) is 19.5. The molecule has 8 nitrogen and oxygen atoms in total. The fraction of sp³-hybridized carbons (Fsp3) is 0.0833. The molecular weight excluding hydrogens is 404 g/mol. The number of allylic oxidation sites excluding steroid dienone is 1. The number of aromatic nitrogens is 4. The number of phenols is 1. The topological polar surface area (TPSA) is 105 Å². The lowest BCUT2D eigenvalue weighted by atomic mass is 9.98. The van der Waals surface area contributed by atoms with E-state index in [2.05, 4.69) is 25.7 Å². The molecule has 1 aliphatic rings. The van der Waals surface area contributed by atoms with Gasteiger partial charge in [-0.1, -0.05) is 24.3 Å². The van der Waals surface area contributed by atoms with Crippen LogP contribution >= 0.6 is 0 Å². The normalized spacial score (nSPS) is 15.1. The van der Waals surface area contributed by atoms with E-state index in [0.717, 1.165) is 5.56 Å². The average molecular weight is 424 g/mol. The number of benzene rings is 2. The lowest BCUT2D eigenvalue weighted by Crippen LogP contribution is -2.32. The molecule has 1 amide bonds. The number of pyridine rings is 1. The van der Waals surface area contributed by atoms with Crippen LogP contribution in [-0.2, 0) is 4.79 Å². The van der Waals surface area contributed by atoms with Gasteiger partial charge in [0.15, 0.2) is 5.82 Å². The summed E-state index contributed by atoms with van der Waals surface area (Å²) in [7, 11) is 0. The summed E-state index contributed by atoms with van der Waals surface area (Å²) in [5.41, 5.74) is 3.30. The van der Waals surface area contributed by atoms with E-state index in [0.29, 0.717) is 34.4 Å². The molecule has 2 aromatic carbocycles. The highest BCUT2D eigenvalue weighted by Gasteiger charge is 2.35. The molecule has 0 bridgehead atoms. The molecule has 32 heavy (non-hydrogen) atoms. The number of phenolic OH excluding ortho intramolecular Hbond substituents is 1. The number of nitrogens with one attached hydrogen (secondary N) is 2. The maximum Gasteiger partial charge on any atom is 0.255 e. The molecule has 0 radical (unpaired) electrons. The molecule has 158 valence electrons. The minimum Gasteiger partial charge on any atom is -0.508 e. The lowest BCUT2D eigenvalue weighted by molar-refractivity contribution is -0.113. The van der Waals surface area contributed by atoms with Crippen molar-refractivity contribution in [1.29, 1.82) is 0 Å². The Labute approximate surface area is 184 Å². The number of hydrogen-bond donors (Lipinski definition) is 3. The highest BCUT2D eigenvalue weighted by Crippen LogP contribution is 2.36. The van der Waals surface area contributed by atoms with E-state index in [1.807, 2.05) is 55.5 Å². The van der Waals surface area contributed by atoms with Crippen molar-refractivity contribution in [2.45, 2.75) is 13.0 Å². The molecule has 3 heterocycles. The Morgan fingerprint density at radius 2 is 1.78 bits per heavy atom. The van der Waals surface area contributed by atoms with Crippen LogP contribution in [0.1, 0.15) is 18.7 Å². The van der Waals surface area contributed by atoms with Crippen LogP contribution < -0.4 is 10.6 Å². The number of hydrogen-bond acceptors (Lipinski definition) is 6. The number of rotatable bonds is 4. The van der Waals surface area contributed by atoms with Gasteiger partial charge < -0.3 is 15.7 Å². The predicted molar refractivity (Wildman–Crippen MR) is 121 cm³/mol. The Balaban J connectivity index is 1.59. The van der Waals surface area contributed by atoms with Crippen molar-refractivity contribution in [3.63, 3.8) is 0 Å². The number of anilines is 2. The highest BCUT2D eigenvalue weighted by atomic mass is 16.3. The first-order valence-corrected chi connectivity index (χ1v) is 10.1. The standard InChI is InChI=1S/C24H20N6O2/c1-15-20(23(32)27-17-7-3-2-4-8-17)21(19-9-5-6-14-25-19)30-24(26-15)28-22(29-30)16-10-12-18(31)13-11-16/h2-14,21,31H,1H3,(H,27,32)(H,26,28,29). The summed E-state index contributed by atoms with van der Waals surface area (Å²) < 4.78 is 1.68. The zero-order chi connectivity index (χ0) is 22.1. The summed E-state index contributed by atoms with van der Waals surface area (Å²) in [6.07, 6.45) is 1.69. The smallest absolute Gasteiger partial charge is 0.255 e.